The second-order valence-corrected chi connectivity index (χ2v) is 7.31. The summed E-state index contributed by atoms with van der Waals surface area (Å²) in [6.45, 7) is 10.2. The first-order valence-electron chi connectivity index (χ1n) is 8.86. The Hall–Kier alpha value is -2.57. The van der Waals surface area contributed by atoms with Crippen molar-refractivity contribution in [2.45, 2.75) is 59.2 Å². The number of benzene rings is 1. The Morgan fingerprint density at radius 3 is 2.65 bits per heavy atom. The average Bonchev–Trinajstić information content (AvgIpc) is 2.84. The summed E-state index contributed by atoms with van der Waals surface area (Å²) >= 11 is 0. The fourth-order valence-electron chi connectivity index (χ4n) is 2.63. The van der Waals surface area contributed by atoms with E-state index in [-0.39, 0.29) is 5.91 Å². The number of aromatic nitrogens is 2. The van der Waals surface area contributed by atoms with Crippen LogP contribution in [0.2, 0.25) is 0 Å². The number of alkyl carbamates (subject to hydrolysis) is 1. The minimum absolute atomic E-state index is 0.233. The van der Waals surface area contributed by atoms with Crippen LogP contribution in [0.3, 0.4) is 0 Å². The van der Waals surface area contributed by atoms with Gasteiger partial charge in [-0.1, -0.05) is 12.1 Å². The van der Waals surface area contributed by atoms with E-state index in [0.29, 0.717) is 6.54 Å². The van der Waals surface area contributed by atoms with Crippen molar-refractivity contribution in [2.24, 2.45) is 0 Å². The molecule has 142 valence electrons. The molecule has 1 aromatic carbocycles. The first-order valence-corrected chi connectivity index (χ1v) is 8.86. The third-order valence-electron chi connectivity index (χ3n) is 3.83. The number of fused-ring (bicyclic) bond motifs is 1. The van der Waals surface area contributed by atoms with E-state index in [0.717, 1.165) is 29.8 Å². The Bertz CT molecular complexity index is 777. The van der Waals surface area contributed by atoms with E-state index < -0.39 is 17.7 Å². The normalized spacial score (nSPS) is 12.7. The lowest BCUT2D eigenvalue weighted by molar-refractivity contribution is -0.122. The van der Waals surface area contributed by atoms with Gasteiger partial charge in [0.25, 0.3) is 0 Å². The molecule has 0 aliphatic rings. The van der Waals surface area contributed by atoms with Crippen LogP contribution in [0.1, 0.15) is 39.9 Å². The van der Waals surface area contributed by atoms with Gasteiger partial charge < -0.3 is 19.9 Å². The third-order valence-corrected chi connectivity index (χ3v) is 3.83. The number of nitrogens with one attached hydrogen (secondary N) is 2. The molecule has 1 heterocycles. The number of nitrogens with zero attached hydrogens (tertiary/aromatic N) is 2. The number of hydrogen-bond acceptors (Lipinski definition) is 4. The number of carbonyl (C=O) groups excluding carboxylic acids is 2. The number of para-hydroxylation sites is 2. The highest BCUT2D eigenvalue weighted by Gasteiger charge is 2.20. The standard InChI is InChI=1S/C19H28N4O3/c1-13(21-18(25)26-19(3,4)5)17(24)20-11-8-12-23-14(2)22-15-9-6-7-10-16(15)23/h6-7,9-10,13H,8,11-12H2,1-5H3,(H,20,24)(H,21,25)/t13-/m1/s1. The molecule has 1 aromatic heterocycles. The highest BCUT2D eigenvalue weighted by Crippen LogP contribution is 2.15. The highest BCUT2D eigenvalue weighted by molar-refractivity contribution is 5.85. The molecule has 7 nitrogen and oxygen atoms in total. The highest BCUT2D eigenvalue weighted by atomic mass is 16.6. The zero-order valence-electron chi connectivity index (χ0n) is 16.1. The summed E-state index contributed by atoms with van der Waals surface area (Å²) in [5, 5.41) is 5.37. The second kappa shape index (κ2) is 8.21. The summed E-state index contributed by atoms with van der Waals surface area (Å²) in [5.74, 6) is 0.723. The van der Waals surface area contributed by atoms with Crippen molar-refractivity contribution < 1.29 is 14.3 Å². The summed E-state index contributed by atoms with van der Waals surface area (Å²) < 4.78 is 7.29. The molecule has 2 aromatic rings. The van der Waals surface area contributed by atoms with Crippen LogP contribution in [0, 0.1) is 6.92 Å². The largest absolute Gasteiger partial charge is 0.444 e. The van der Waals surface area contributed by atoms with Crippen molar-refractivity contribution in [3.63, 3.8) is 0 Å². The lowest BCUT2D eigenvalue weighted by Crippen LogP contribution is -2.46. The van der Waals surface area contributed by atoms with E-state index in [1.54, 1.807) is 27.7 Å². The zero-order chi connectivity index (χ0) is 19.3. The Kier molecular flexibility index (Phi) is 6.23. The van der Waals surface area contributed by atoms with Gasteiger partial charge in [-0.3, -0.25) is 4.79 Å². The Labute approximate surface area is 154 Å². The first kappa shape index (κ1) is 19.8. The lowest BCUT2D eigenvalue weighted by Gasteiger charge is -2.21. The SMILES string of the molecule is Cc1nc2ccccc2n1CCCNC(=O)[C@@H](C)NC(=O)OC(C)(C)C. The van der Waals surface area contributed by atoms with Gasteiger partial charge in [0, 0.05) is 13.1 Å². The maximum absolute atomic E-state index is 12.1. The zero-order valence-corrected chi connectivity index (χ0v) is 16.1. The molecule has 2 rings (SSSR count). The van der Waals surface area contributed by atoms with Crippen LogP contribution in [0.4, 0.5) is 4.79 Å². The molecule has 2 N–H and O–H groups in total. The molecule has 2 amide bonds. The quantitative estimate of drug-likeness (QED) is 0.776. The minimum Gasteiger partial charge on any atom is -0.444 e. The van der Waals surface area contributed by atoms with Gasteiger partial charge in [-0.2, -0.15) is 0 Å². The van der Waals surface area contributed by atoms with Crippen molar-refractivity contribution in [1.29, 1.82) is 0 Å². The Morgan fingerprint density at radius 1 is 1.27 bits per heavy atom. The molecule has 0 saturated carbocycles. The van der Waals surface area contributed by atoms with E-state index in [1.165, 1.54) is 0 Å². The monoisotopic (exact) mass is 360 g/mol. The fraction of sp³-hybridized carbons (Fsp3) is 0.526. The predicted octanol–water partition coefficient (Wildman–Crippen LogP) is 2.76. The minimum atomic E-state index is -0.652. The van der Waals surface area contributed by atoms with E-state index in [1.807, 2.05) is 31.2 Å². The molecule has 0 fully saturated rings. The number of carbonyl (C=O) groups is 2. The molecule has 26 heavy (non-hydrogen) atoms. The molecule has 0 saturated heterocycles. The topological polar surface area (TPSA) is 85.3 Å². The summed E-state index contributed by atoms with van der Waals surface area (Å²) in [4.78, 5) is 28.3. The molecule has 0 radical (unpaired) electrons. The Morgan fingerprint density at radius 2 is 1.96 bits per heavy atom. The summed E-state index contributed by atoms with van der Waals surface area (Å²) in [6, 6.07) is 7.34. The number of hydrogen-bond donors (Lipinski definition) is 2. The van der Waals surface area contributed by atoms with Crippen LogP contribution < -0.4 is 10.6 Å². The molecule has 0 aliphatic carbocycles. The summed E-state index contributed by atoms with van der Waals surface area (Å²) in [6.07, 6.45) is 0.173. The van der Waals surface area contributed by atoms with Gasteiger partial charge in [0.05, 0.1) is 11.0 Å². The number of amides is 2. The number of ether oxygens (including phenoxy) is 1. The van der Waals surface area contributed by atoms with Gasteiger partial charge in [-0.05, 0) is 53.2 Å². The van der Waals surface area contributed by atoms with Crippen molar-refractivity contribution in [3.05, 3.63) is 30.1 Å². The molecule has 0 aliphatic heterocycles. The molecule has 7 heteroatoms. The summed E-state index contributed by atoms with van der Waals surface area (Å²) in [5.41, 5.74) is 1.48. The lowest BCUT2D eigenvalue weighted by atomic mass is 10.2. The second-order valence-electron chi connectivity index (χ2n) is 7.31. The van der Waals surface area contributed by atoms with Gasteiger partial charge >= 0.3 is 6.09 Å². The third kappa shape index (κ3) is 5.47. The molecular formula is C19H28N4O3. The van der Waals surface area contributed by atoms with Crippen molar-refractivity contribution in [1.82, 2.24) is 20.2 Å². The van der Waals surface area contributed by atoms with Crippen LogP contribution in [0.25, 0.3) is 11.0 Å². The van der Waals surface area contributed by atoms with E-state index in [4.69, 9.17) is 4.74 Å². The van der Waals surface area contributed by atoms with Crippen molar-refractivity contribution >= 4 is 23.0 Å². The van der Waals surface area contributed by atoms with Crippen LogP contribution in [0.5, 0.6) is 0 Å². The van der Waals surface area contributed by atoms with Crippen molar-refractivity contribution in [2.75, 3.05) is 6.54 Å². The molecule has 0 spiro atoms. The van der Waals surface area contributed by atoms with Gasteiger partial charge in [-0.25, -0.2) is 9.78 Å². The van der Waals surface area contributed by atoms with Crippen LogP contribution >= 0.6 is 0 Å². The molecule has 0 bridgehead atoms. The van der Waals surface area contributed by atoms with Crippen molar-refractivity contribution in [3.8, 4) is 0 Å². The van der Waals surface area contributed by atoms with Crippen LogP contribution in [-0.4, -0.2) is 39.7 Å². The molecular weight excluding hydrogens is 332 g/mol. The van der Waals surface area contributed by atoms with Gasteiger partial charge in [0.1, 0.15) is 17.5 Å². The van der Waals surface area contributed by atoms with E-state index in [9.17, 15) is 9.59 Å². The maximum Gasteiger partial charge on any atom is 0.408 e. The van der Waals surface area contributed by atoms with Gasteiger partial charge in [0.2, 0.25) is 5.91 Å². The average molecular weight is 360 g/mol. The smallest absolute Gasteiger partial charge is 0.408 e. The number of imidazole rings is 1. The van der Waals surface area contributed by atoms with Crippen LogP contribution in [0.15, 0.2) is 24.3 Å². The first-order chi connectivity index (χ1) is 12.2. The maximum atomic E-state index is 12.1. The predicted molar refractivity (Wildman–Crippen MR) is 101 cm³/mol. The summed E-state index contributed by atoms with van der Waals surface area (Å²) in [7, 11) is 0. The Balaban J connectivity index is 1.77. The van der Waals surface area contributed by atoms with Gasteiger partial charge in [-0.15, -0.1) is 0 Å². The molecule has 0 unspecified atom stereocenters. The fourth-order valence-corrected chi connectivity index (χ4v) is 2.63. The number of aryl methyl sites for hydroxylation is 2. The van der Waals surface area contributed by atoms with Gasteiger partial charge in [0.15, 0.2) is 0 Å². The molecule has 1 atom stereocenters. The van der Waals surface area contributed by atoms with E-state index >= 15 is 0 Å². The van der Waals surface area contributed by atoms with Crippen LogP contribution in [-0.2, 0) is 16.1 Å². The van der Waals surface area contributed by atoms with E-state index in [2.05, 4.69) is 20.2 Å². The number of rotatable bonds is 6.